The van der Waals surface area contributed by atoms with Crippen LogP contribution in [-0.2, 0) is 5.72 Å². The van der Waals surface area contributed by atoms with Crippen molar-refractivity contribution in [2.75, 3.05) is 0 Å². The molecule has 0 saturated carbocycles. The molecule has 0 saturated heterocycles. The number of hydrogen-bond acceptors (Lipinski definition) is 2. The van der Waals surface area contributed by atoms with Gasteiger partial charge in [-0.05, 0) is 42.5 Å². The second-order valence-corrected chi connectivity index (χ2v) is 7.18. The van der Waals surface area contributed by atoms with Crippen molar-refractivity contribution in [3.05, 3.63) is 120 Å². The van der Waals surface area contributed by atoms with Crippen molar-refractivity contribution < 1.29 is 13.7 Å². The zero-order valence-corrected chi connectivity index (χ0v) is 15.7. The summed E-state index contributed by atoms with van der Waals surface area (Å²) in [4.78, 5) is 0. The third-order valence-corrected chi connectivity index (χ3v) is 5.54. The minimum absolute atomic E-state index is 0.792. The lowest BCUT2D eigenvalue weighted by Crippen LogP contribution is -2.63. The lowest BCUT2D eigenvalue weighted by atomic mass is 9.91. The van der Waals surface area contributed by atoms with Crippen molar-refractivity contribution in [1.82, 2.24) is 0 Å². The molecule has 0 atom stereocenters. The third kappa shape index (κ3) is 2.21. The van der Waals surface area contributed by atoms with Crippen LogP contribution in [0.15, 0.2) is 114 Å². The van der Waals surface area contributed by atoms with Gasteiger partial charge in [-0.1, -0.05) is 60.7 Å². The monoisotopic (exact) mass is 376 g/mol. The second kappa shape index (κ2) is 6.08. The van der Waals surface area contributed by atoms with Crippen molar-refractivity contribution in [2.24, 2.45) is 0 Å². The Balaban J connectivity index is 1.81. The van der Waals surface area contributed by atoms with Crippen LogP contribution in [0.4, 0.5) is 0 Å². The van der Waals surface area contributed by atoms with Crippen LogP contribution in [0.2, 0.25) is 0 Å². The minimum Gasteiger partial charge on any atom is -0.423 e. The maximum Gasteiger partial charge on any atom is 0.389 e. The first-order valence-corrected chi connectivity index (χ1v) is 9.71. The predicted molar refractivity (Wildman–Crippen MR) is 112 cm³/mol. The van der Waals surface area contributed by atoms with Crippen LogP contribution < -0.4 is 9.30 Å². The lowest BCUT2D eigenvalue weighted by molar-refractivity contribution is -0.752. The number of ether oxygens (including phenoxy) is 1. The van der Waals surface area contributed by atoms with Crippen LogP contribution in [-0.4, -0.2) is 0 Å². The Hall–Kier alpha value is -3.85. The Morgan fingerprint density at radius 2 is 1.17 bits per heavy atom. The summed E-state index contributed by atoms with van der Waals surface area (Å²) in [5.74, 6) is 1.60. The van der Waals surface area contributed by atoms with E-state index >= 15 is 0 Å². The molecule has 4 aromatic carbocycles. The molecule has 0 N–H and O–H groups in total. The van der Waals surface area contributed by atoms with Gasteiger partial charge in [0.05, 0.1) is 11.1 Å². The number of fused-ring (bicyclic) bond motifs is 5. The number of benzene rings is 4. The van der Waals surface area contributed by atoms with Crippen LogP contribution in [0.3, 0.4) is 0 Å². The fraction of sp³-hybridized carbons (Fsp3) is 0.0385. The molecule has 3 heteroatoms. The fourth-order valence-corrected chi connectivity index (χ4v) is 4.28. The van der Waals surface area contributed by atoms with Crippen molar-refractivity contribution in [2.45, 2.75) is 5.72 Å². The summed E-state index contributed by atoms with van der Waals surface area (Å²) >= 11 is 0. The number of aromatic nitrogens is 1. The molecule has 2 heterocycles. The van der Waals surface area contributed by atoms with E-state index in [0.717, 1.165) is 39.4 Å². The highest BCUT2D eigenvalue weighted by Crippen LogP contribution is 2.44. The van der Waals surface area contributed by atoms with E-state index in [1.165, 1.54) is 0 Å². The molecule has 5 aromatic rings. The molecule has 3 nitrogen and oxygen atoms in total. The maximum atomic E-state index is 6.89. The average molecular weight is 376 g/mol. The van der Waals surface area contributed by atoms with Crippen LogP contribution in [0.1, 0.15) is 11.1 Å². The fourth-order valence-electron chi connectivity index (χ4n) is 4.28. The summed E-state index contributed by atoms with van der Waals surface area (Å²) in [5.41, 5.74) is 3.98. The van der Waals surface area contributed by atoms with Gasteiger partial charge in [0.1, 0.15) is 11.3 Å². The van der Waals surface area contributed by atoms with Crippen LogP contribution in [0.25, 0.3) is 22.6 Å². The molecule has 0 fully saturated rings. The molecule has 0 aliphatic carbocycles. The molecule has 138 valence electrons. The second-order valence-electron chi connectivity index (χ2n) is 7.18. The molecule has 29 heavy (non-hydrogen) atoms. The number of para-hydroxylation sites is 3. The van der Waals surface area contributed by atoms with Crippen LogP contribution in [0, 0.1) is 0 Å². The summed E-state index contributed by atoms with van der Waals surface area (Å²) in [5, 5.41) is 0. The molecule has 1 aromatic heterocycles. The van der Waals surface area contributed by atoms with Crippen LogP contribution in [0.5, 0.6) is 5.75 Å². The Labute approximate surface area is 168 Å². The molecule has 0 spiro atoms. The smallest absolute Gasteiger partial charge is 0.389 e. The van der Waals surface area contributed by atoms with Gasteiger partial charge >= 0.3 is 11.6 Å². The first-order chi connectivity index (χ1) is 14.4. The topological polar surface area (TPSA) is 26.2 Å². The van der Waals surface area contributed by atoms with Gasteiger partial charge in [-0.15, -0.1) is 4.57 Å². The van der Waals surface area contributed by atoms with E-state index in [9.17, 15) is 0 Å². The molecule has 1 aliphatic heterocycles. The highest BCUT2D eigenvalue weighted by atomic mass is 16.5. The van der Waals surface area contributed by atoms with Gasteiger partial charge in [0, 0.05) is 6.07 Å². The minimum atomic E-state index is -0.876. The van der Waals surface area contributed by atoms with E-state index in [2.05, 4.69) is 34.9 Å². The molecule has 0 unspecified atom stereocenters. The molecule has 0 amide bonds. The Bertz CT molecular complexity index is 1280. The van der Waals surface area contributed by atoms with Crippen LogP contribution >= 0.6 is 0 Å². The lowest BCUT2D eigenvalue weighted by Gasteiger charge is -2.32. The molecule has 1 aliphatic rings. The zero-order valence-electron chi connectivity index (χ0n) is 15.7. The van der Waals surface area contributed by atoms with E-state index in [-0.39, 0.29) is 0 Å². The summed E-state index contributed by atoms with van der Waals surface area (Å²) in [6, 6.07) is 36.9. The molecule has 6 rings (SSSR count). The van der Waals surface area contributed by atoms with Gasteiger partial charge in [-0.25, -0.2) is 0 Å². The van der Waals surface area contributed by atoms with E-state index in [1.54, 1.807) is 0 Å². The molecular weight excluding hydrogens is 358 g/mol. The van der Waals surface area contributed by atoms with Crippen molar-refractivity contribution in [3.63, 3.8) is 0 Å². The quantitative estimate of drug-likeness (QED) is 0.379. The van der Waals surface area contributed by atoms with Gasteiger partial charge in [0.25, 0.3) is 5.52 Å². The first-order valence-electron chi connectivity index (χ1n) is 9.71. The van der Waals surface area contributed by atoms with Gasteiger partial charge in [-0.2, -0.15) is 0 Å². The number of nitrogens with zero attached hydrogens (tertiary/aromatic N) is 1. The Kier molecular flexibility index (Phi) is 3.38. The maximum absolute atomic E-state index is 6.89. The third-order valence-electron chi connectivity index (χ3n) is 5.54. The Morgan fingerprint density at radius 3 is 1.90 bits per heavy atom. The standard InChI is InChI=1S/C26H18NO2/c1-3-11-19(12-4-1)26(20-13-5-2-6-14-20)27-22-16-8-10-18-24(22)28-25(27)21-15-7-9-17-23(21)29-26/h1-18H/q+1. The predicted octanol–water partition coefficient (Wildman–Crippen LogP) is 5.53. The van der Waals surface area contributed by atoms with E-state index in [4.69, 9.17) is 9.15 Å². The number of hydrogen-bond donors (Lipinski definition) is 0. The van der Waals surface area contributed by atoms with Gasteiger partial charge in [-0.3, -0.25) is 0 Å². The van der Waals surface area contributed by atoms with Gasteiger partial charge < -0.3 is 9.15 Å². The van der Waals surface area contributed by atoms with Crippen molar-refractivity contribution in [3.8, 4) is 17.2 Å². The summed E-state index contributed by atoms with van der Waals surface area (Å²) in [6.45, 7) is 0. The van der Waals surface area contributed by atoms with Crippen molar-refractivity contribution >= 4 is 11.1 Å². The first kappa shape index (κ1) is 16.1. The normalized spacial score (nSPS) is 14.1. The Morgan fingerprint density at radius 1 is 0.586 bits per heavy atom. The number of rotatable bonds is 2. The number of oxazole rings is 1. The molecule has 0 radical (unpaired) electrons. The highest BCUT2D eigenvalue weighted by molar-refractivity contribution is 5.74. The summed E-state index contributed by atoms with van der Waals surface area (Å²) in [7, 11) is 0. The van der Waals surface area contributed by atoms with Crippen molar-refractivity contribution in [1.29, 1.82) is 0 Å². The average Bonchev–Trinajstić information content (AvgIpc) is 3.20. The summed E-state index contributed by atoms with van der Waals surface area (Å²) in [6.07, 6.45) is 0. The summed E-state index contributed by atoms with van der Waals surface area (Å²) < 4.78 is 15.5. The van der Waals surface area contributed by atoms with Gasteiger partial charge in [0.15, 0.2) is 0 Å². The zero-order chi connectivity index (χ0) is 19.3. The SMILES string of the molecule is c1ccc(C2(c3ccccc3)Oc3ccccc3-c3oc4ccccc4[n+]32)cc1. The largest absolute Gasteiger partial charge is 0.423 e. The van der Waals surface area contributed by atoms with E-state index < -0.39 is 5.72 Å². The molecule has 0 bridgehead atoms. The highest BCUT2D eigenvalue weighted by Gasteiger charge is 2.55. The van der Waals surface area contributed by atoms with Gasteiger partial charge in [0.2, 0.25) is 5.58 Å². The van der Waals surface area contributed by atoms with E-state index in [0.29, 0.717) is 0 Å². The molecular formula is C26H18NO2+. The van der Waals surface area contributed by atoms with E-state index in [1.807, 2.05) is 78.9 Å².